The topological polar surface area (TPSA) is 49.3 Å². The van der Waals surface area contributed by atoms with Gasteiger partial charge in [0.1, 0.15) is 5.82 Å². The van der Waals surface area contributed by atoms with Gasteiger partial charge in [-0.15, -0.1) is 0 Å². The predicted octanol–water partition coefficient (Wildman–Crippen LogP) is 4.56. The van der Waals surface area contributed by atoms with E-state index in [9.17, 15) is 4.79 Å². The van der Waals surface area contributed by atoms with E-state index in [-0.39, 0.29) is 5.91 Å². The lowest BCUT2D eigenvalue weighted by atomic mass is 10.0. The molecule has 1 aliphatic rings. The molecule has 0 spiro atoms. The molecule has 5 nitrogen and oxygen atoms in total. The number of hydrogen-bond acceptors (Lipinski definition) is 4. The molecule has 0 atom stereocenters. The average molecular weight is 409 g/mol. The highest BCUT2D eigenvalue weighted by Gasteiger charge is 2.27. The second kappa shape index (κ2) is 7.84. The zero-order valence-corrected chi connectivity index (χ0v) is 17.7. The fourth-order valence-electron chi connectivity index (χ4n) is 4.16. The van der Waals surface area contributed by atoms with E-state index in [0.717, 1.165) is 51.2 Å². The fourth-order valence-corrected chi connectivity index (χ4v) is 4.16. The molecule has 0 N–H and O–H groups in total. The van der Waals surface area contributed by atoms with Gasteiger partial charge in [-0.2, -0.15) is 0 Å². The van der Waals surface area contributed by atoms with E-state index < -0.39 is 0 Å². The molecule has 0 aliphatic carbocycles. The Morgan fingerprint density at radius 1 is 0.903 bits per heavy atom. The standard InChI is InChI=1S/C26H24N4O/c1-29(2)25-22-17-30(26(31)21-13-12-18-8-6-7-11-20(18)16-21)15-14-23(22)27-24(28-25)19-9-4-3-5-10-19/h3-13,16H,14-15,17H2,1-2H3. The van der Waals surface area contributed by atoms with Crippen molar-refractivity contribution in [2.24, 2.45) is 0 Å². The molecule has 5 rings (SSSR count). The molecular weight excluding hydrogens is 384 g/mol. The molecule has 5 heteroatoms. The Labute approximate surface area is 182 Å². The lowest BCUT2D eigenvalue weighted by Crippen LogP contribution is -2.37. The molecule has 0 unspecified atom stereocenters. The van der Waals surface area contributed by atoms with Crippen molar-refractivity contribution in [3.63, 3.8) is 0 Å². The van der Waals surface area contributed by atoms with Crippen molar-refractivity contribution >= 4 is 22.5 Å². The molecule has 0 saturated heterocycles. The van der Waals surface area contributed by atoms with Crippen molar-refractivity contribution in [3.8, 4) is 11.4 Å². The minimum absolute atomic E-state index is 0.0493. The number of hydrogen-bond donors (Lipinski definition) is 0. The van der Waals surface area contributed by atoms with Gasteiger partial charge >= 0.3 is 0 Å². The molecule has 1 aliphatic heterocycles. The van der Waals surface area contributed by atoms with Gasteiger partial charge in [-0.05, 0) is 22.9 Å². The van der Waals surface area contributed by atoms with Gasteiger partial charge in [-0.25, -0.2) is 9.97 Å². The summed E-state index contributed by atoms with van der Waals surface area (Å²) >= 11 is 0. The maximum atomic E-state index is 13.3. The second-order valence-electron chi connectivity index (χ2n) is 8.10. The van der Waals surface area contributed by atoms with Gasteiger partial charge in [0, 0.05) is 43.8 Å². The van der Waals surface area contributed by atoms with Gasteiger partial charge < -0.3 is 9.80 Å². The Morgan fingerprint density at radius 2 is 1.65 bits per heavy atom. The molecule has 0 fully saturated rings. The molecule has 31 heavy (non-hydrogen) atoms. The van der Waals surface area contributed by atoms with Gasteiger partial charge in [0.2, 0.25) is 0 Å². The third kappa shape index (κ3) is 3.63. The molecular formula is C26H24N4O. The van der Waals surface area contributed by atoms with Gasteiger partial charge in [0.15, 0.2) is 5.82 Å². The smallest absolute Gasteiger partial charge is 0.254 e. The average Bonchev–Trinajstić information content (AvgIpc) is 2.82. The molecule has 0 bridgehead atoms. The van der Waals surface area contributed by atoms with E-state index in [0.29, 0.717) is 13.1 Å². The molecule has 1 amide bonds. The number of anilines is 1. The van der Waals surface area contributed by atoms with E-state index in [1.54, 1.807) is 0 Å². The number of nitrogens with zero attached hydrogens (tertiary/aromatic N) is 4. The zero-order chi connectivity index (χ0) is 21.4. The van der Waals surface area contributed by atoms with Crippen LogP contribution in [0.3, 0.4) is 0 Å². The summed E-state index contributed by atoms with van der Waals surface area (Å²) in [5.41, 5.74) is 3.78. The quantitative estimate of drug-likeness (QED) is 0.499. The molecule has 1 aromatic heterocycles. The Morgan fingerprint density at radius 3 is 2.42 bits per heavy atom. The lowest BCUT2D eigenvalue weighted by Gasteiger charge is -2.31. The first kappa shape index (κ1) is 19.2. The van der Waals surface area contributed by atoms with Crippen LogP contribution in [0.2, 0.25) is 0 Å². The Hall–Kier alpha value is -3.73. The van der Waals surface area contributed by atoms with Crippen LogP contribution in [0.25, 0.3) is 22.2 Å². The van der Waals surface area contributed by atoms with E-state index in [1.807, 2.05) is 90.6 Å². The molecule has 2 heterocycles. The largest absolute Gasteiger partial charge is 0.362 e. The van der Waals surface area contributed by atoms with Crippen LogP contribution in [-0.4, -0.2) is 41.4 Å². The maximum absolute atomic E-state index is 13.3. The number of carbonyl (C=O) groups is 1. The van der Waals surface area contributed by atoms with Crippen LogP contribution >= 0.6 is 0 Å². The van der Waals surface area contributed by atoms with Crippen molar-refractivity contribution in [1.29, 1.82) is 0 Å². The van der Waals surface area contributed by atoms with Crippen molar-refractivity contribution in [2.45, 2.75) is 13.0 Å². The minimum atomic E-state index is 0.0493. The third-order valence-corrected chi connectivity index (χ3v) is 5.78. The first-order valence-electron chi connectivity index (χ1n) is 10.5. The van der Waals surface area contributed by atoms with Crippen molar-refractivity contribution in [2.75, 3.05) is 25.5 Å². The summed E-state index contributed by atoms with van der Waals surface area (Å²) in [6.45, 7) is 1.17. The summed E-state index contributed by atoms with van der Waals surface area (Å²) in [5.74, 6) is 1.66. The molecule has 0 radical (unpaired) electrons. The number of carbonyl (C=O) groups excluding carboxylic acids is 1. The summed E-state index contributed by atoms with van der Waals surface area (Å²) in [7, 11) is 3.98. The lowest BCUT2D eigenvalue weighted by molar-refractivity contribution is 0.0734. The molecule has 3 aromatic carbocycles. The zero-order valence-electron chi connectivity index (χ0n) is 17.7. The number of benzene rings is 3. The Balaban J connectivity index is 1.48. The van der Waals surface area contributed by atoms with E-state index in [1.165, 1.54) is 0 Å². The molecule has 154 valence electrons. The number of aromatic nitrogens is 2. The highest BCUT2D eigenvalue weighted by molar-refractivity contribution is 5.98. The van der Waals surface area contributed by atoms with E-state index in [4.69, 9.17) is 9.97 Å². The maximum Gasteiger partial charge on any atom is 0.254 e. The normalized spacial score (nSPS) is 13.2. The van der Waals surface area contributed by atoms with Gasteiger partial charge in [-0.3, -0.25) is 4.79 Å². The van der Waals surface area contributed by atoms with Crippen LogP contribution in [0, 0.1) is 0 Å². The molecule has 4 aromatic rings. The summed E-state index contributed by atoms with van der Waals surface area (Å²) in [4.78, 5) is 26.9. The van der Waals surface area contributed by atoms with Gasteiger partial charge in [-0.1, -0.05) is 60.7 Å². The first-order chi connectivity index (χ1) is 15.1. The monoisotopic (exact) mass is 408 g/mol. The van der Waals surface area contributed by atoms with Crippen LogP contribution in [0.15, 0.2) is 72.8 Å². The van der Waals surface area contributed by atoms with Crippen LogP contribution in [0.5, 0.6) is 0 Å². The highest BCUT2D eigenvalue weighted by atomic mass is 16.2. The number of amides is 1. The van der Waals surface area contributed by atoms with Gasteiger partial charge in [0.05, 0.1) is 12.2 Å². The second-order valence-corrected chi connectivity index (χ2v) is 8.10. The fraction of sp³-hybridized carbons (Fsp3) is 0.192. The minimum Gasteiger partial charge on any atom is -0.362 e. The summed E-state index contributed by atoms with van der Waals surface area (Å²) in [6.07, 6.45) is 0.720. The SMILES string of the molecule is CN(C)c1nc(-c2ccccc2)nc2c1CN(C(=O)c1ccc3ccccc3c1)CC2. The Kier molecular flexibility index (Phi) is 4.86. The summed E-state index contributed by atoms with van der Waals surface area (Å²) < 4.78 is 0. The van der Waals surface area contributed by atoms with Crippen molar-refractivity contribution < 1.29 is 4.79 Å². The van der Waals surface area contributed by atoms with E-state index >= 15 is 0 Å². The van der Waals surface area contributed by atoms with E-state index in [2.05, 4.69) is 6.07 Å². The van der Waals surface area contributed by atoms with Crippen molar-refractivity contribution in [3.05, 3.63) is 89.6 Å². The highest BCUT2D eigenvalue weighted by Crippen LogP contribution is 2.29. The van der Waals surface area contributed by atoms with Crippen LogP contribution < -0.4 is 4.90 Å². The van der Waals surface area contributed by atoms with Gasteiger partial charge in [0.25, 0.3) is 5.91 Å². The Bertz CT molecular complexity index is 1270. The van der Waals surface area contributed by atoms with Crippen LogP contribution in [0.4, 0.5) is 5.82 Å². The number of rotatable bonds is 3. The summed E-state index contributed by atoms with van der Waals surface area (Å²) in [6, 6.07) is 24.1. The predicted molar refractivity (Wildman–Crippen MR) is 124 cm³/mol. The molecule has 0 saturated carbocycles. The first-order valence-corrected chi connectivity index (χ1v) is 10.5. The van der Waals surface area contributed by atoms with Crippen LogP contribution in [-0.2, 0) is 13.0 Å². The summed E-state index contributed by atoms with van der Waals surface area (Å²) in [5, 5.41) is 2.22. The number of fused-ring (bicyclic) bond motifs is 2. The van der Waals surface area contributed by atoms with Crippen molar-refractivity contribution in [1.82, 2.24) is 14.9 Å². The third-order valence-electron chi connectivity index (χ3n) is 5.78. The van der Waals surface area contributed by atoms with Crippen LogP contribution in [0.1, 0.15) is 21.6 Å².